The maximum Gasteiger partial charge on any atom is 0.258 e. The molecule has 3 rings (SSSR count). The van der Waals surface area contributed by atoms with Gasteiger partial charge in [-0.3, -0.25) is 10.1 Å². The minimum Gasteiger partial charge on any atom is -0.360 e. The standard InChI is InChI=1S/C18H20N2OS/c21-17(20-18(22)19-14-9-2-1-3-10-14)16-12-6-8-13-7-4-5-11-15(13)16/h4-8,11-12,14H,1-3,9-10H2,(H2,19,20,21,22). The third-order valence-corrected chi connectivity index (χ3v) is 4.42. The largest absolute Gasteiger partial charge is 0.360 e. The maximum absolute atomic E-state index is 12.5. The minimum absolute atomic E-state index is 0.148. The van der Waals surface area contributed by atoms with Gasteiger partial charge in [0.2, 0.25) is 0 Å². The van der Waals surface area contributed by atoms with Gasteiger partial charge in [0.1, 0.15) is 0 Å². The Kier molecular flexibility index (Phi) is 4.68. The van der Waals surface area contributed by atoms with Crippen LogP contribution in [0.5, 0.6) is 0 Å². The van der Waals surface area contributed by atoms with Gasteiger partial charge in [0, 0.05) is 11.6 Å². The van der Waals surface area contributed by atoms with Gasteiger partial charge >= 0.3 is 0 Å². The molecule has 0 atom stereocenters. The molecule has 1 aliphatic rings. The molecule has 0 unspecified atom stereocenters. The Hall–Kier alpha value is -1.94. The van der Waals surface area contributed by atoms with Gasteiger partial charge in [-0.25, -0.2) is 0 Å². The van der Waals surface area contributed by atoms with Crippen LogP contribution < -0.4 is 10.6 Å². The average molecular weight is 312 g/mol. The molecule has 2 aromatic rings. The zero-order valence-corrected chi connectivity index (χ0v) is 13.3. The molecule has 0 aromatic heterocycles. The van der Waals surface area contributed by atoms with E-state index in [0.29, 0.717) is 16.7 Å². The van der Waals surface area contributed by atoms with Crippen molar-refractivity contribution in [1.29, 1.82) is 0 Å². The van der Waals surface area contributed by atoms with Gasteiger partial charge < -0.3 is 5.32 Å². The van der Waals surface area contributed by atoms with Gasteiger partial charge in [-0.1, -0.05) is 55.7 Å². The van der Waals surface area contributed by atoms with E-state index in [1.807, 2.05) is 42.5 Å². The highest BCUT2D eigenvalue weighted by Gasteiger charge is 2.16. The maximum atomic E-state index is 12.5. The summed E-state index contributed by atoms with van der Waals surface area (Å²) in [6, 6.07) is 14.0. The Morgan fingerprint density at radius 2 is 1.73 bits per heavy atom. The summed E-state index contributed by atoms with van der Waals surface area (Å²) in [5.74, 6) is -0.148. The fraction of sp³-hybridized carbons (Fsp3) is 0.333. The zero-order valence-electron chi connectivity index (χ0n) is 12.5. The number of carbonyl (C=O) groups excluding carboxylic acids is 1. The van der Waals surface area contributed by atoms with E-state index in [9.17, 15) is 4.79 Å². The summed E-state index contributed by atoms with van der Waals surface area (Å²) in [6.07, 6.45) is 6.02. The van der Waals surface area contributed by atoms with Gasteiger partial charge in [-0.15, -0.1) is 0 Å². The molecule has 0 aliphatic heterocycles. The summed E-state index contributed by atoms with van der Waals surface area (Å²) in [5.41, 5.74) is 0.658. The van der Waals surface area contributed by atoms with Crippen LogP contribution in [-0.4, -0.2) is 17.1 Å². The normalized spacial score (nSPS) is 15.5. The highest BCUT2D eigenvalue weighted by Crippen LogP contribution is 2.19. The molecule has 22 heavy (non-hydrogen) atoms. The number of hydrogen-bond donors (Lipinski definition) is 2. The Balaban J connectivity index is 1.69. The molecule has 0 spiro atoms. The Morgan fingerprint density at radius 1 is 1.00 bits per heavy atom. The fourth-order valence-corrected chi connectivity index (χ4v) is 3.32. The van der Waals surface area contributed by atoms with Gasteiger partial charge in [-0.05, 0) is 41.9 Å². The van der Waals surface area contributed by atoms with Crippen molar-refractivity contribution in [2.45, 2.75) is 38.1 Å². The van der Waals surface area contributed by atoms with Crippen molar-refractivity contribution in [3.8, 4) is 0 Å². The molecule has 3 nitrogen and oxygen atoms in total. The summed E-state index contributed by atoms with van der Waals surface area (Å²) < 4.78 is 0. The van der Waals surface area contributed by atoms with Gasteiger partial charge in [-0.2, -0.15) is 0 Å². The molecule has 114 valence electrons. The summed E-state index contributed by atoms with van der Waals surface area (Å²) in [7, 11) is 0. The molecular weight excluding hydrogens is 292 g/mol. The van der Waals surface area contributed by atoms with Crippen LogP contribution in [-0.2, 0) is 0 Å². The van der Waals surface area contributed by atoms with Crippen molar-refractivity contribution in [1.82, 2.24) is 10.6 Å². The topological polar surface area (TPSA) is 41.1 Å². The van der Waals surface area contributed by atoms with E-state index in [1.165, 1.54) is 19.3 Å². The van der Waals surface area contributed by atoms with Crippen molar-refractivity contribution in [2.24, 2.45) is 0 Å². The SMILES string of the molecule is O=C(NC(=S)NC1CCCCC1)c1cccc2ccccc12. The first kappa shape index (κ1) is 15.0. The van der Waals surface area contributed by atoms with Crippen LogP contribution >= 0.6 is 12.2 Å². The predicted molar refractivity (Wildman–Crippen MR) is 94.0 cm³/mol. The van der Waals surface area contributed by atoms with E-state index in [2.05, 4.69) is 10.6 Å². The first-order valence-electron chi connectivity index (χ1n) is 7.83. The minimum atomic E-state index is -0.148. The molecule has 2 aromatic carbocycles. The molecule has 0 radical (unpaired) electrons. The summed E-state index contributed by atoms with van der Waals surface area (Å²) in [5, 5.41) is 8.52. The first-order chi connectivity index (χ1) is 10.7. The molecule has 1 amide bonds. The van der Waals surface area contributed by atoms with Crippen LogP contribution in [0.15, 0.2) is 42.5 Å². The third-order valence-electron chi connectivity index (χ3n) is 4.20. The van der Waals surface area contributed by atoms with Crippen LogP contribution in [0.4, 0.5) is 0 Å². The zero-order chi connectivity index (χ0) is 15.4. The predicted octanol–water partition coefficient (Wildman–Crippen LogP) is 3.78. The van der Waals surface area contributed by atoms with E-state index in [1.54, 1.807) is 0 Å². The lowest BCUT2D eigenvalue weighted by molar-refractivity contribution is 0.0978. The smallest absolute Gasteiger partial charge is 0.258 e. The molecule has 1 aliphatic carbocycles. The number of hydrogen-bond acceptors (Lipinski definition) is 2. The van der Waals surface area contributed by atoms with Crippen LogP contribution in [0.1, 0.15) is 42.5 Å². The highest BCUT2D eigenvalue weighted by molar-refractivity contribution is 7.80. The number of amides is 1. The number of carbonyl (C=O) groups is 1. The molecule has 1 fully saturated rings. The Bertz CT molecular complexity index is 687. The summed E-state index contributed by atoms with van der Waals surface area (Å²) >= 11 is 5.29. The van der Waals surface area contributed by atoms with Crippen molar-refractivity contribution in [3.63, 3.8) is 0 Å². The first-order valence-corrected chi connectivity index (χ1v) is 8.24. The molecule has 1 saturated carbocycles. The number of thiocarbonyl (C=S) groups is 1. The van der Waals surface area contributed by atoms with Crippen LogP contribution in [0.3, 0.4) is 0 Å². The third kappa shape index (κ3) is 3.45. The van der Waals surface area contributed by atoms with Crippen LogP contribution in [0.25, 0.3) is 10.8 Å². The summed E-state index contributed by atoms with van der Waals surface area (Å²) in [4.78, 5) is 12.5. The van der Waals surface area contributed by atoms with Crippen molar-refractivity contribution >= 4 is 34.0 Å². The number of nitrogens with one attached hydrogen (secondary N) is 2. The average Bonchev–Trinajstić information content (AvgIpc) is 2.55. The number of fused-ring (bicyclic) bond motifs is 1. The quantitative estimate of drug-likeness (QED) is 0.829. The van der Waals surface area contributed by atoms with Crippen LogP contribution in [0, 0.1) is 0 Å². The lowest BCUT2D eigenvalue weighted by Gasteiger charge is -2.24. The number of benzene rings is 2. The van der Waals surface area contributed by atoms with Gasteiger partial charge in [0.25, 0.3) is 5.91 Å². The second-order valence-electron chi connectivity index (χ2n) is 5.79. The molecular formula is C18H20N2OS. The van der Waals surface area contributed by atoms with E-state index in [-0.39, 0.29) is 5.91 Å². The van der Waals surface area contributed by atoms with E-state index in [4.69, 9.17) is 12.2 Å². The Labute approximate surface area is 136 Å². The van der Waals surface area contributed by atoms with Crippen molar-refractivity contribution in [2.75, 3.05) is 0 Å². The van der Waals surface area contributed by atoms with Crippen molar-refractivity contribution < 1.29 is 4.79 Å². The molecule has 2 N–H and O–H groups in total. The van der Waals surface area contributed by atoms with E-state index >= 15 is 0 Å². The molecule has 0 heterocycles. The molecule has 0 bridgehead atoms. The monoisotopic (exact) mass is 312 g/mol. The van der Waals surface area contributed by atoms with E-state index in [0.717, 1.165) is 23.6 Å². The lowest BCUT2D eigenvalue weighted by atomic mass is 9.96. The fourth-order valence-electron chi connectivity index (χ4n) is 3.06. The summed E-state index contributed by atoms with van der Waals surface area (Å²) in [6.45, 7) is 0. The second-order valence-corrected chi connectivity index (χ2v) is 6.20. The molecule has 0 saturated heterocycles. The molecule has 4 heteroatoms. The second kappa shape index (κ2) is 6.88. The number of rotatable bonds is 2. The van der Waals surface area contributed by atoms with Gasteiger partial charge in [0.05, 0.1) is 0 Å². The van der Waals surface area contributed by atoms with Crippen molar-refractivity contribution in [3.05, 3.63) is 48.0 Å². The highest BCUT2D eigenvalue weighted by atomic mass is 32.1. The lowest BCUT2D eigenvalue weighted by Crippen LogP contribution is -2.45. The van der Waals surface area contributed by atoms with Crippen LogP contribution in [0.2, 0.25) is 0 Å². The van der Waals surface area contributed by atoms with E-state index < -0.39 is 0 Å². The van der Waals surface area contributed by atoms with Gasteiger partial charge in [0.15, 0.2) is 5.11 Å². The Morgan fingerprint density at radius 3 is 2.55 bits per heavy atom.